The van der Waals surface area contributed by atoms with Crippen molar-refractivity contribution in [2.45, 2.75) is 13.3 Å². The zero-order chi connectivity index (χ0) is 11.3. The van der Waals surface area contributed by atoms with Crippen molar-refractivity contribution < 1.29 is 9.21 Å². The molecule has 0 aliphatic rings. The van der Waals surface area contributed by atoms with Gasteiger partial charge in [0.15, 0.2) is 6.39 Å². The van der Waals surface area contributed by atoms with E-state index in [0.717, 1.165) is 12.2 Å². The molecule has 0 spiro atoms. The Kier molecular flexibility index (Phi) is 4.30. The number of carbonyl (C=O) groups is 1. The van der Waals surface area contributed by atoms with Crippen molar-refractivity contribution in [3.05, 3.63) is 17.8 Å². The molecular formula is C10H17N3O2. The summed E-state index contributed by atoms with van der Waals surface area (Å²) < 4.78 is 5.08. The molecule has 0 saturated heterocycles. The summed E-state index contributed by atoms with van der Waals surface area (Å²) in [6.07, 6.45) is 1.62. The first kappa shape index (κ1) is 11.7. The van der Waals surface area contributed by atoms with Gasteiger partial charge in [0.1, 0.15) is 5.76 Å². The van der Waals surface area contributed by atoms with E-state index in [2.05, 4.69) is 10.3 Å². The van der Waals surface area contributed by atoms with E-state index in [-0.39, 0.29) is 12.3 Å². The SMILES string of the molecule is Cc1ncoc1CC(=O)NCCN(C)C. The molecule has 5 nitrogen and oxygen atoms in total. The summed E-state index contributed by atoms with van der Waals surface area (Å²) in [6.45, 7) is 3.31. The Hall–Kier alpha value is -1.36. The van der Waals surface area contributed by atoms with Crippen LogP contribution in [0.5, 0.6) is 0 Å². The van der Waals surface area contributed by atoms with Gasteiger partial charge in [-0.1, -0.05) is 0 Å². The number of nitrogens with one attached hydrogen (secondary N) is 1. The fourth-order valence-corrected chi connectivity index (χ4v) is 1.12. The van der Waals surface area contributed by atoms with Crippen molar-refractivity contribution in [1.29, 1.82) is 0 Å². The van der Waals surface area contributed by atoms with Crippen LogP contribution in [0.2, 0.25) is 0 Å². The van der Waals surface area contributed by atoms with Gasteiger partial charge in [0.05, 0.1) is 12.1 Å². The van der Waals surface area contributed by atoms with Crippen LogP contribution in [0.1, 0.15) is 11.5 Å². The summed E-state index contributed by atoms with van der Waals surface area (Å²) in [6, 6.07) is 0. The lowest BCUT2D eigenvalue weighted by Gasteiger charge is -2.09. The minimum Gasteiger partial charge on any atom is -0.448 e. The molecule has 0 atom stereocenters. The Morgan fingerprint density at radius 3 is 2.87 bits per heavy atom. The number of aromatic nitrogens is 1. The Morgan fingerprint density at radius 2 is 2.33 bits per heavy atom. The normalized spacial score (nSPS) is 10.7. The highest BCUT2D eigenvalue weighted by molar-refractivity contribution is 5.78. The van der Waals surface area contributed by atoms with E-state index < -0.39 is 0 Å². The molecule has 1 heterocycles. The van der Waals surface area contributed by atoms with Crippen LogP contribution < -0.4 is 5.32 Å². The zero-order valence-corrected chi connectivity index (χ0v) is 9.41. The molecule has 0 aromatic carbocycles. The Balaban J connectivity index is 2.28. The van der Waals surface area contributed by atoms with Crippen molar-refractivity contribution in [3.63, 3.8) is 0 Å². The van der Waals surface area contributed by atoms with E-state index in [9.17, 15) is 4.79 Å². The standard InChI is InChI=1S/C10H17N3O2/c1-8-9(15-7-12-8)6-10(14)11-4-5-13(2)3/h7H,4-6H2,1-3H3,(H,11,14). The van der Waals surface area contributed by atoms with E-state index >= 15 is 0 Å². The predicted octanol–water partition coefficient (Wildman–Crippen LogP) is 0.203. The third-order valence-corrected chi connectivity index (χ3v) is 2.05. The van der Waals surface area contributed by atoms with Crippen LogP contribution in [0.15, 0.2) is 10.8 Å². The second-order valence-electron chi connectivity index (χ2n) is 3.69. The van der Waals surface area contributed by atoms with Gasteiger partial charge in [0, 0.05) is 13.1 Å². The predicted molar refractivity (Wildman–Crippen MR) is 56.5 cm³/mol. The average molecular weight is 211 g/mol. The van der Waals surface area contributed by atoms with Gasteiger partial charge in [0.2, 0.25) is 5.91 Å². The monoisotopic (exact) mass is 211 g/mol. The molecule has 1 rings (SSSR count). The molecule has 0 radical (unpaired) electrons. The van der Waals surface area contributed by atoms with E-state index in [0.29, 0.717) is 12.3 Å². The molecule has 1 aromatic rings. The summed E-state index contributed by atoms with van der Waals surface area (Å²) in [5.41, 5.74) is 0.776. The summed E-state index contributed by atoms with van der Waals surface area (Å²) >= 11 is 0. The molecule has 5 heteroatoms. The van der Waals surface area contributed by atoms with Gasteiger partial charge in [0.25, 0.3) is 0 Å². The number of oxazole rings is 1. The fourth-order valence-electron chi connectivity index (χ4n) is 1.12. The topological polar surface area (TPSA) is 58.4 Å². The average Bonchev–Trinajstić information content (AvgIpc) is 2.51. The van der Waals surface area contributed by atoms with Gasteiger partial charge in [-0.3, -0.25) is 4.79 Å². The molecule has 1 amide bonds. The lowest BCUT2D eigenvalue weighted by molar-refractivity contribution is -0.120. The van der Waals surface area contributed by atoms with Gasteiger partial charge in [-0.15, -0.1) is 0 Å². The number of rotatable bonds is 5. The lowest BCUT2D eigenvalue weighted by Crippen LogP contribution is -2.32. The lowest BCUT2D eigenvalue weighted by atomic mass is 10.2. The molecule has 0 fully saturated rings. The minimum absolute atomic E-state index is 0.0308. The van der Waals surface area contributed by atoms with Gasteiger partial charge in [-0.25, -0.2) is 4.98 Å². The zero-order valence-electron chi connectivity index (χ0n) is 9.41. The smallest absolute Gasteiger partial charge is 0.227 e. The number of nitrogens with zero attached hydrogens (tertiary/aromatic N) is 2. The van der Waals surface area contributed by atoms with Crippen LogP contribution in [0.3, 0.4) is 0 Å². The summed E-state index contributed by atoms with van der Waals surface area (Å²) in [7, 11) is 3.93. The van der Waals surface area contributed by atoms with Crippen molar-refractivity contribution in [3.8, 4) is 0 Å². The fraction of sp³-hybridized carbons (Fsp3) is 0.600. The third kappa shape index (κ3) is 4.12. The summed E-state index contributed by atoms with van der Waals surface area (Å²) in [5.74, 6) is 0.606. The molecule has 15 heavy (non-hydrogen) atoms. The maximum Gasteiger partial charge on any atom is 0.227 e. The third-order valence-electron chi connectivity index (χ3n) is 2.05. The maximum absolute atomic E-state index is 11.4. The number of hydrogen-bond donors (Lipinski definition) is 1. The quantitative estimate of drug-likeness (QED) is 0.756. The molecule has 0 aliphatic heterocycles. The van der Waals surface area contributed by atoms with Crippen LogP contribution >= 0.6 is 0 Å². The first-order chi connectivity index (χ1) is 7.09. The van der Waals surface area contributed by atoms with Gasteiger partial charge in [-0.2, -0.15) is 0 Å². The van der Waals surface area contributed by atoms with Crippen molar-refractivity contribution in [1.82, 2.24) is 15.2 Å². The van der Waals surface area contributed by atoms with Crippen LogP contribution in [0, 0.1) is 6.92 Å². The summed E-state index contributed by atoms with van der Waals surface area (Å²) in [4.78, 5) is 17.4. The minimum atomic E-state index is -0.0308. The molecule has 0 aliphatic carbocycles. The van der Waals surface area contributed by atoms with Gasteiger partial charge >= 0.3 is 0 Å². The maximum atomic E-state index is 11.4. The van der Waals surface area contributed by atoms with Crippen LogP contribution in [-0.4, -0.2) is 43.0 Å². The van der Waals surface area contributed by atoms with Crippen molar-refractivity contribution in [2.75, 3.05) is 27.2 Å². The highest BCUT2D eigenvalue weighted by atomic mass is 16.3. The van der Waals surface area contributed by atoms with Crippen molar-refractivity contribution >= 4 is 5.91 Å². The van der Waals surface area contributed by atoms with Crippen molar-refractivity contribution in [2.24, 2.45) is 0 Å². The van der Waals surface area contributed by atoms with Gasteiger partial charge < -0.3 is 14.6 Å². The Morgan fingerprint density at radius 1 is 1.60 bits per heavy atom. The molecule has 0 unspecified atom stereocenters. The largest absolute Gasteiger partial charge is 0.448 e. The Labute approximate surface area is 89.5 Å². The Bertz CT molecular complexity index is 320. The van der Waals surface area contributed by atoms with Gasteiger partial charge in [-0.05, 0) is 21.0 Å². The number of carbonyl (C=O) groups excluding carboxylic acids is 1. The number of hydrogen-bond acceptors (Lipinski definition) is 4. The van der Waals surface area contributed by atoms with Crippen LogP contribution in [-0.2, 0) is 11.2 Å². The van der Waals surface area contributed by atoms with E-state index in [1.165, 1.54) is 6.39 Å². The first-order valence-corrected chi connectivity index (χ1v) is 4.90. The first-order valence-electron chi connectivity index (χ1n) is 4.90. The molecule has 0 bridgehead atoms. The van der Waals surface area contributed by atoms with E-state index in [1.807, 2.05) is 25.9 Å². The number of amides is 1. The van der Waals surface area contributed by atoms with E-state index in [1.54, 1.807) is 0 Å². The number of aryl methyl sites for hydroxylation is 1. The summed E-state index contributed by atoms with van der Waals surface area (Å²) in [5, 5.41) is 2.81. The van der Waals surface area contributed by atoms with Crippen LogP contribution in [0.25, 0.3) is 0 Å². The molecule has 1 N–H and O–H groups in total. The van der Waals surface area contributed by atoms with E-state index in [4.69, 9.17) is 4.42 Å². The highest BCUT2D eigenvalue weighted by Crippen LogP contribution is 2.04. The molecule has 84 valence electrons. The van der Waals surface area contributed by atoms with Crippen LogP contribution in [0.4, 0.5) is 0 Å². The second kappa shape index (κ2) is 5.50. The molecule has 1 aromatic heterocycles. The highest BCUT2D eigenvalue weighted by Gasteiger charge is 2.09. The molecular weight excluding hydrogens is 194 g/mol. The molecule has 0 saturated carbocycles. The second-order valence-corrected chi connectivity index (χ2v) is 3.69. The number of likely N-dealkylation sites (N-methyl/N-ethyl adjacent to an activating group) is 1.